The van der Waals surface area contributed by atoms with E-state index in [1.54, 1.807) is 31.2 Å². The minimum Gasteiger partial charge on any atom is -0.545 e. The van der Waals surface area contributed by atoms with Crippen molar-refractivity contribution in [2.75, 3.05) is 0 Å². The van der Waals surface area contributed by atoms with Crippen molar-refractivity contribution in [3.8, 4) is 0 Å². The maximum Gasteiger partial charge on any atom is 0.303 e. The SMILES string of the molecule is CC(=O)O[C@H]1/C(C)=C/[C@H](C)[C@@H](O)[C@@H](C)C[C@H](C)CC2=C(Cc3ccc(C(=O)[O-])cc3)C(=O)C=C(NC(=O)/C(C)=C/C=C\[C@@H]1C)C2=O. The number of carboxylic acid groups (broad SMARTS) is 1. The number of carboxylic acids is 1. The number of Topliss-reactive ketones (excluding diaryl/α,β-unsaturated/α-hetero) is 1. The Morgan fingerprint density at radius 1 is 1.02 bits per heavy atom. The van der Waals surface area contributed by atoms with E-state index in [9.17, 15) is 34.2 Å². The lowest BCUT2D eigenvalue weighted by atomic mass is 9.80. The van der Waals surface area contributed by atoms with Crippen LogP contribution in [-0.2, 0) is 30.3 Å². The Kier molecular flexibility index (Phi) is 12.4. The number of ether oxygens (including phenoxy) is 1. The summed E-state index contributed by atoms with van der Waals surface area (Å²) >= 11 is 0. The van der Waals surface area contributed by atoms with Crippen LogP contribution in [0.1, 0.15) is 77.2 Å². The van der Waals surface area contributed by atoms with Crippen LogP contribution in [0.4, 0.5) is 0 Å². The van der Waals surface area contributed by atoms with E-state index < -0.39 is 41.6 Å². The molecule has 6 atom stereocenters. The molecular weight excluding hydrogens is 586 g/mol. The topological polar surface area (TPSA) is 150 Å². The Bertz CT molecular complexity index is 1520. The van der Waals surface area contributed by atoms with Crippen molar-refractivity contribution in [2.45, 2.75) is 79.9 Å². The number of amides is 1. The van der Waals surface area contributed by atoms with Gasteiger partial charge in [-0.3, -0.25) is 19.2 Å². The van der Waals surface area contributed by atoms with E-state index in [0.29, 0.717) is 17.6 Å². The molecule has 2 aliphatic rings. The second-order valence-electron chi connectivity index (χ2n) is 12.7. The van der Waals surface area contributed by atoms with E-state index in [1.807, 2.05) is 46.8 Å². The fourth-order valence-corrected chi connectivity index (χ4v) is 6.10. The van der Waals surface area contributed by atoms with Gasteiger partial charge in [0.25, 0.3) is 5.91 Å². The van der Waals surface area contributed by atoms with Crippen molar-refractivity contribution in [1.29, 1.82) is 0 Å². The zero-order valence-corrected chi connectivity index (χ0v) is 27.6. The lowest BCUT2D eigenvalue weighted by molar-refractivity contribution is -0.255. The van der Waals surface area contributed by atoms with E-state index in [1.165, 1.54) is 19.1 Å². The number of fused-ring (bicyclic) bond motifs is 2. The number of esters is 1. The van der Waals surface area contributed by atoms with Gasteiger partial charge < -0.3 is 25.1 Å². The van der Waals surface area contributed by atoms with Gasteiger partial charge in [-0.15, -0.1) is 0 Å². The maximum absolute atomic E-state index is 13.8. The average Bonchev–Trinajstić information content (AvgIpc) is 2.98. The average molecular weight is 631 g/mol. The van der Waals surface area contributed by atoms with E-state index in [0.717, 1.165) is 11.6 Å². The molecule has 1 heterocycles. The third kappa shape index (κ3) is 9.33. The van der Waals surface area contributed by atoms with Gasteiger partial charge in [0.15, 0.2) is 5.78 Å². The van der Waals surface area contributed by atoms with Gasteiger partial charge in [0.2, 0.25) is 5.78 Å². The third-order valence-electron chi connectivity index (χ3n) is 8.59. The lowest BCUT2D eigenvalue weighted by Gasteiger charge is -2.28. The van der Waals surface area contributed by atoms with E-state index >= 15 is 0 Å². The number of aliphatic hydroxyl groups excluding tert-OH is 1. The smallest absolute Gasteiger partial charge is 0.303 e. The van der Waals surface area contributed by atoms with Crippen LogP contribution in [-0.4, -0.2) is 46.7 Å². The minimum absolute atomic E-state index is 0.000630. The van der Waals surface area contributed by atoms with Gasteiger partial charge >= 0.3 is 5.97 Å². The summed E-state index contributed by atoms with van der Waals surface area (Å²) in [4.78, 5) is 63.5. The molecule has 9 heteroatoms. The second-order valence-corrected chi connectivity index (χ2v) is 12.7. The van der Waals surface area contributed by atoms with E-state index in [-0.39, 0.29) is 58.9 Å². The van der Waals surface area contributed by atoms with Crippen molar-refractivity contribution in [3.05, 3.63) is 93.8 Å². The molecule has 3 rings (SSSR count). The lowest BCUT2D eigenvalue weighted by Crippen LogP contribution is -2.33. The van der Waals surface area contributed by atoms with Gasteiger partial charge in [-0.25, -0.2) is 0 Å². The largest absolute Gasteiger partial charge is 0.545 e. The molecule has 0 fully saturated rings. The molecule has 1 aromatic rings. The summed E-state index contributed by atoms with van der Waals surface area (Å²) in [6, 6.07) is 5.93. The van der Waals surface area contributed by atoms with Crippen molar-refractivity contribution >= 4 is 29.4 Å². The zero-order chi connectivity index (χ0) is 34.3. The fraction of sp³-hybridized carbons (Fsp3) is 0.432. The first-order chi connectivity index (χ1) is 21.6. The van der Waals surface area contributed by atoms with Gasteiger partial charge in [0.05, 0.1) is 17.8 Å². The van der Waals surface area contributed by atoms with Crippen molar-refractivity contribution in [2.24, 2.45) is 23.7 Å². The predicted molar refractivity (Wildman–Crippen MR) is 172 cm³/mol. The molecule has 0 saturated heterocycles. The zero-order valence-electron chi connectivity index (χ0n) is 27.6. The quantitative estimate of drug-likeness (QED) is 0.287. The summed E-state index contributed by atoms with van der Waals surface area (Å²) in [7, 11) is 0. The molecule has 0 saturated carbocycles. The summed E-state index contributed by atoms with van der Waals surface area (Å²) < 4.78 is 5.64. The van der Waals surface area contributed by atoms with Gasteiger partial charge in [-0.1, -0.05) is 76.3 Å². The van der Waals surface area contributed by atoms with Crippen LogP contribution in [0.15, 0.2) is 82.6 Å². The maximum atomic E-state index is 13.8. The number of hydrogen-bond donors (Lipinski definition) is 2. The molecular formula is C37H44NO8-. The van der Waals surface area contributed by atoms with Crippen LogP contribution in [0.2, 0.25) is 0 Å². The number of rotatable bonds is 4. The van der Waals surface area contributed by atoms with Gasteiger partial charge in [0, 0.05) is 48.0 Å². The standard InChI is InChI=1S/C37H45NO8/c1-20-15-23(4)33(41)24(5)17-25(6)35(46-26(7)39)21(2)9-8-10-22(3)36(43)38-31-19-32(40)29(30(16-20)34(31)42)18-27-11-13-28(14-12-27)37(44)45/h8-14,17,19-21,23-24,33,35,41H,15-16,18H2,1-7H3,(H,38,43)(H,44,45)/p-1/b9-8-,22-10+,25-17+/t20-,21-,23-,24-,33-,35+/m0/s1. The Hall–Kier alpha value is -4.37. The molecule has 2 bridgehead atoms. The van der Waals surface area contributed by atoms with Crippen LogP contribution in [0.3, 0.4) is 0 Å². The molecule has 0 spiro atoms. The number of carbonyl (C=O) groups excluding carboxylic acids is 5. The minimum atomic E-state index is -1.32. The van der Waals surface area contributed by atoms with Gasteiger partial charge in [-0.2, -0.15) is 0 Å². The second kappa shape index (κ2) is 15.8. The Labute approximate surface area is 270 Å². The molecule has 1 aromatic carbocycles. The van der Waals surface area contributed by atoms with Gasteiger partial charge in [0.1, 0.15) is 6.10 Å². The Morgan fingerprint density at radius 3 is 2.28 bits per heavy atom. The molecule has 0 radical (unpaired) electrons. The fourth-order valence-electron chi connectivity index (χ4n) is 6.10. The Balaban J connectivity index is 2.05. The van der Waals surface area contributed by atoms with Gasteiger partial charge in [-0.05, 0) is 55.2 Å². The first-order valence-corrected chi connectivity index (χ1v) is 15.6. The molecule has 1 aliphatic carbocycles. The molecule has 246 valence electrons. The monoisotopic (exact) mass is 630 g/mol. The number of carbonyl (C=O) groups is 5. The number of nitrogens with one attached hydrogen (secondary N) is 1. The number of allylic oxidation sites excluding steroid dienone is 5. The summed E-state index contributed by atoms with van der Waals surface area (Å²) in [5.74, 6) is -3.99. The Morgan fingerprint density at radius 2 is 1.67 bits per heavy atom. The molecule has 2 N–H and O–H groups in total. The highest BCUT2D eigenvalue weighted by molar-refractivity contribution is 6.24. The molecule has 9 nitrogen and oxygen atoms in total. The first kappa shape index (κ1) is 36.1. The summed E-state index contributed by atoms with van der Waals surface area (Å²) in [6.07, 6.45) is 7.68. The highest BCUT2D eigenvalue weighted by atomic mass is 16.5. The number of hydrogen-bond acceptors (Lipinski definition) is 8. The van der Waals surface area contributed by atoms with Crippen molar-refractivity contribution in [1.82, 2.24) is 5.32 Å². The predicted octanol–water partition coefficient (Wildman–Crippen LogP) is 4.12. The number of aromatic carboxylic acids is 1. The summed E-state index contributed by atoms with van der Waals surface area (Å²) in [5, 5.41) is 25.1. The molecule has 46 heavy (non-hydrogen) atoms. The van der Waals surface area contributed by atoms with E-state index in [4.69, 9.17) is 4.74 Å². The highest BCUT2D eigenvalue weighted by Crippen LogP contribution is 2.32. The van der Waals surface area contributed by atoms with Crippen LogP contribution in [0, 0.1) is 23.7 Å². The van der Waals surface area contributed by atoms with Crippen LogP contribution >= 0.6 is 0 Å². The van der Waals surface area contributed by atoms with E-state index in [2.05, 4.69) is 5.32 Å². The number of aliphatic hydroxyl groups is 1. The summed E-state index contributed by atoms with van der Waals surface area (Å²) in [6.45, 7) is 12.5. The molecule has 0 unspecified atom stereocenters. The number of ketones is 2. The third-order valence-corrected chi connectivity index (χ3v) is 8.59. The highest BCUT2D eigenvalue weighted by Gasteiger charge is 2.32. The summed E-state index contributed by atoms with van der Waals surface area (Å²) in [5.41, 5.74) is 2.17. The van der Waals surface area contributed by atoms with Crippen molar-refractivity contribution in [3.63, 3.8) is 0 Å². The molecule has 1 amide bonds. The normalized spacial score (nSPS) is 29.9. The van der Waals surface area contributed by atoms with Crippen molar-refractivity contribution < 1.29 is 38.9 Å². The molecule has 1 aliphatic heterocycles. The van der Waals surface area contributed by atoms with Crippen LogP contribution in [0.5, 0.6) is 0 Å². The van der Waals surface area contributed by atoms with Crippen LogP contribution in [0.25, 0.3) is 0 Å². The molecule has 0 aromatic heterocycles. The first-order valence-electron chi connectivity index (χ1n) is 15.6. The van der Waals surface area contributed by atoms with Crippen LogP contribution < -0.4 is 10.4 Å². The number of benzene rings is 1.